The van der Waals surface area contributed by atoms with Crippen LogP contribution in [0.25, 0.3) is 11.3 Å². The molecule has 0 aliphatic carbocycles. The highest BCUT2D eigenvalue weighted by Gasteiger charge is 2.35. The van der Waals surface area contributed by atoms with Gasteiger partial charge in [0.05, 0.1) is 5.69 Å². The minimum atomic E-state index is -0.315. The molecule has 5 rings (SSSR count). The Balaban J connectivity index is 1.45. The molecule has 0 N–H and O–H groups in total. The van der Waals surface area contributed by atoms with Crippen molar-refractivity contribution in [1.29, 1.82) is 0 Å². The second-order valence-electron chi connectivity index (χ2n) is 8.06. The van der Waals surface area contributed by atoms with Gasteiger partial charge in [-0.15, -0.1) is 0 Å². The van der Waals surface area contributed by atoms with Crippen LogP contribution in [0.5, 0.6) is 0 Å². The molecule has 6 heteroatoms. The van der Waals surface area contributed by atoms with Crippen molar-refractivity contribution in [2.45, 2.75) is 25.4 Å². The molecule has 4 heterocycles. The SMILES string of the molecule is O=c1cc(-c2ccccn2)cc2n1C[C@H]1C[C@@H]2CN(Cc2ccc(F)cc2Cl)C1. The highest BCUT2D eigenvalue weighted by Crippen LogP contribution is 2.37. The number of hydrogen-bond acceptors (Lipinski definition) is 3. The Morgan fingerprint density at radius 1 is 1.10 bits per heavy atom. The second kappa shape index (κ2) is 7.39. The Bertz CT molecular complexity index is 1110. The molecule has 1 saturated heterocycles. The maximum absolute atomic E-state index is 13.4. The molecule has 4 nitrogen and oxygen atoms in total. The number of piperidine rings is 1. The summed E-state index contributed by atoms with van der Waals surface area (Å²) in [5.74, 6) is 0.404. The molecule has 0 radical (unpaired) electrons. The molecule has 148 valence electrons. The van der Waals surface area contributed by atoms with Crippen LogP contribution in [0.2, 0.25) is 5.02 Å². The van der Waals surface area contributed by atoms with E-state index >= 15 is 0 Å². The van der Waals surface area contributed by atoms with Gasteiger partial charge in [-0.25, -0.2) is 4.39 Å². The van der Waals surface area contributed by atoms with Crippen LogP contribution in [-0.4, -0.2) is 27.5 Å². The lowest BCUT2D eigenvalue weighted by Gasteiger charge is -2.43. The molecule has 2 aliphatic heterocycles. The topological polar surface area (TPSA) is 38.1 Å². The van der Waals surface area contributed by atoms with Crippen molar-refractivity contribution in [3.05, 3.63) is 87.2 Å². The molecule has 3 aromatic rings. The normalized spacial score (nSPS) is 21.0. The van der Waals surface area contributed by atoms with Crippen molar-refractivity contribution >= 4 is 11.6 Å². The Labute approximate surface area is 173 Å². The fraction of sp³-hybridized carbons (Fsp3) is 0.304. The van der Waals surface area contributed by atoms with Crippen LogP contribution >= 0.6 is 11.6 Å². The van der Waals surface area contributed by atoms with E-state index in [9.17, 15) is 9.18 Å². The molecule has 2 atom stereocenters. The lowest BCUT2D eigenvalue weighted by Crippen LogP contribution is -2.46. The lowest BCUT2D eigenvalue weighted by molar-refractivity contribution is 0.114. The van der Waals surface area contributed by atoms with Gasteiger partial charge in [-0.1, -0.05) is 23.7 Å². The highest BCUT2D eigenvalue weighted by atomic mass is 35.5. The average molecular weight is 410 g/mol. The van der Waals surface area contributed by atoms with Gasteiger partial charge in [-0.2, -0.15) is 0 Å². The predicted octanol–water partition coefficient (Wildman–Crippen LogP) is 4.32. The molecule has 0 unspecified atom stereocenters. The average Bonchev–Trinajstić information content (AvgIpc) is 2.71. The summed E-state index contributed by atoms with van der Waals surface area (Å²) in [6, 6.07) is 14.2. The van der Waals surface area contributed by atoms with E-state index in [-0.39, 0.29) is 17.3 Å². The fourth-order valence-corrected chi connectivity index (χ4v) is 4.99. The maximum atomic E-state index is 13.4. The molecule has 1 fully saturated rings. The van der Waals surface area contributed by atoms with Crippen molar-refractivity contribution in [2.75, 3.05) is 13.1 Å². The zero-order chi connectivity index (χ0) is 20.0. The molecule has 0 spiro atoms. The third-order valence-electron chi connectivity index (χ3n) is 6.00. The van der Waals surface area contributed by atoms with E-state index in [0.29, 0.717) is 17.5 Å². The van der Waals surface area contributed by atoms with Gasteiger partial charge < -0.3 is 4.57 Å². The molecule has 0 saturated carbocycles. The molecule has 2 aromatic heterocycles. The Kier molecular flexibility index (Phi) is 4.72. The molecule has 1 aromatic carbocycles. The molecule has 2 aliphatic rings. The smallest absolute Gasteiger partial charge is 0.251 e. The summed E-state index contributed by atoms with van der Waals surface area (Å²) >= 11 is 6.24. The van der Waals surface area contributed by atoms with E-state index in [2.05, 4.69) is 16.0 Å². The number of pyridine rings is 2. The van der Waals surface area contributed by atoms with Gasteiger partial charge in [0, 0.05) is 60.6 Å². The van der Waals surface area contributed by atoms with Crippen molar-refractivity contribution in [1.82, 2.24) is 14.5 Å². The van der Waals surface area contributed by atoms with Crippen LogP contribution in [0.3, 0.4) is 0 Å². The number of aromatic nitrogens is 2. The largest absolute Gasteiger partial charge is 0.312 e. The first-order valence-electron chi connectivity index (χ1n) is 9.89. The minimum Gasteiger partial charge on any atom is -0.312 e. The van der Waals surface area contributed by atoms with E-state index in [4.69, 9.17) is 11.6 Å². The first-order chi connectivity index (χ1) is 14.1. The molecule has 29 heavy (non-hydrogen) atoms. The van der Waals surface area contributed by atoms with Crippen molar-refractivity contribution in [3.63, 3.8) is 0 Å². The maximum Gasteiger partial charge on any atom is 0.251 e. The van der Waals surface area contributed by atoms with Gasteiger partial charge in [0.15, 0.2) is 0 Å². The standard InChI is InChI=1S/C23H21ClFN3O/c24-20-10-19(25)5-4-16(20)13-27-11-15-7-18(14-27)22-8-17(9-23(29)28(22)12-15)21-3-1-2-6-26-21/h1-6,8-10,15,18H,7,11-14H2/t15-,18+/m0/s1. The monoisotopic (exact) mass is 409 g/mol. The second-order valence-corrected chi connectivity index (χ2v) is 8.47. The first kappa shape index (κ1) is 18.5. The molecular formula is C23H21ClFN3O. The summed E-state index contributed by atoms with van der Waals surface area (Å²) in [5, 5.41) is 0.467. The summed E-state index contributed by atoms with van der Waals surface area (Å²) in [6.07, 6.45) is 2.83. The van der Waals surface area contributed by atoms with E-state index in [1.165, 1.54) is 12.1 Å². The van der Waals surface area contributed by atoms with Gasteiger partial charge in [0.2, 0.25) is 0 Å². The summed E-state index contributed by atoms with van der Waals surface area (Å²) in [7, 11) is 0. The van der Waals surface area contributed by atoms with E-state index in [0.717, 1.165) is 48.6 Å². The molecule has 0 amide bonds. The van der Waals surface area contributed by atoms with Gasteiger partial charge in [-0.05, 0) is 48.2 Å². The third kappa shape index (κ3) is 3.61. The van der Waals surface area contributed by atoms with E-state index in [1.807, 2.05) is 22.8 Å². The molecular weight excluding hydrogens is 389 g/mol. The van der Waals surface area contributed by atoms with Crippen molar-refractivity contribution in [3.8, 4) is 11.3 Å². The van der Waals surface area contributed by atoms with Crippen LogP contribution in [-0.2, 0) is 13.1 Å². The molecule has 2 bridgehead atoms. The van der Waals surface area contributed by atoms with Gasteiger partial charge in [0.1, 0.15) is 5.82 Å². The van der Waals surface area contributed by atoms with E-state index in [1.54, 1.807) is 18.3 Å². The van der Waals surface area contributed by atoms with Crippen LogP contribution in [0.1, 0.15) is 23.6 Å². The number of hydrogen-bond donors (Lipinski definition) is 0. The number of fused-ring (bicyclic) bond motifs is 4. The number of benzene rings is 1. The number of likely N-dealkylation sites (tertiary alicyclic amines) is 1. The first-order valence-corrected chi connectivity index (χ1v) is 10.3. The lowest BCUT2D eigenvalue weighted by atomic mass is 9.82. The predicted molar refractivity (Wildman–Crippen MR) is 111 cm³/mol. The number of halogens is 2. The summed E-state index contributed by atoms with van der Waals surface area (Å²) in [4.78, 5) is 19.6. The van der Waals surface area contributed by atoms with Crippen LogP contribution in [0.15, 0.2) is 59.5 Å². The van der Waals surface area contributed by atoms with Gasteiger partial charge >= 0.3 is 0 Å². The Morgan fingerprint density at radius 3 is 2.79 bits per heavy atom. The Hall–Kier alpha value is -2.50. The Morgan fingerprint density at radius 2 is 2.00 bits per heavy atom. The zero-order valence-corrected chi connectivity index (χ0v) is 16.6. The van der Waals surface area contributed by atoms with Gasteiger partial charge in [0.25, 0.3) is 5.56 Å². The highest BCUT2D eigenvalue weighted by molar-refractivity contribution is 6.31. The summed E-state index contributed by atoms with van der Waals surface area (Å²) in [5.41, 5.74) is 3.77. The fourth-order valence-electron chi connectivity index (χ4n) is 4.76. The van der Waals surface area contributed by atoms with Gasteiger partial charge in [-0.3, -0.25) is 14.7 Å². The van der Waals surface area contributed by atoms with Crippen molar-refractivity contribution in [2.24, 2.45) is 5.92 Å². The zero-order valence-electron chi connectivity index (χ0n) is 15.9. The number of nitrogens with zero attached hydrogens (tertiary/aromatic N) is 3. The minimum absolute atomic E-state index is 0.0490. The quantitative estimate of drug-likeness (QED) is 0.646. The summed E-state index contributed by atoms with van der Waals surface area (Å²) in [6.45, 7) is 3.20. The van der Waals surface area contributed by atoms with Crippen LogP contribution < -0.4 is 5.56 Å². The van der Waals surface area contributed by atoms with E-state index < -0.39 is 0 Å². The van der Waals surface area contributed by atoms with Crippen LogP contribution in [0.4, 0.5) is 4.39 Å². The summed E-state index contributed by atoms with van der Waals surface area (Å²) < 4.78 is 15.3. The number of rotatable bonds is 3. The van der Waals surface area contributed by atoms with Crippen molar-refractivity contribution < 1.29 is 4.39 Å². The third-order valence-corrected chi connectivity index (χ3v) is 6.35. The van der Waals surface area contributed by atoms with Crippen LogP contribution in [0, 0.1) is 11.7 Å².